The minimum absolute atomic E-state index is 0.164. The minimum Gasteiger partial charge on any atom is -0.478 e. The second kappa shape index (κ2) is 7.71. The Morgan fingerprint density at radius 2 is 1.87 bits per heavy atom. The number of benzene rings is 2. The van der Waals surface area contributed by atoms with Gasteiger partial charge in [0.05, 0.1) is 0 Å². The van der Waals surface area contributed by atoms with E-state index in [1.165, 1.54) is 0 Å². The molecule has 0 radical (unpaired) electrons. The molecule has 0 amide bonds. The van der Waals surface area contributed by atoms with Crippen molar-refractivity contribution in [2.75, 3.05) is 0 Å². The molecule has 1 atom stereocenters. The second-order valence-electron chi connectivity index (χ2n) is 5.58. The van der Waals surface area contributed by atoms with Crippen LogP contribution < -0.4 is 4.74 Å². The first-order chi connectivity index (χ1) is 10.9. The largest absolute Gasteiger partial charge is 0.478 e. The van der Waals surface area contributed by atoms with Gasteiger partial charge in [-0.05, 0) is 35.2 Å². The molecule has 0 aliphatic carbocycles. The van der Waals surface area contributed by atoms with Crippen LogP contribution in [-0.2, 0) is 11.2 Å². The van der Waals surface area contributed by atoms with E-state index in [4.69, 9.17) is 27.9 Å². The first-order valence-corrected chi connectivity index (χ1v) is 8.06. The first-order valence-electron chi connectivity index (χ1n) is 7.30. The molecule has 0 aromatic heterocycles. The minimum atomic E-state index is -1.03. The Labute approximate surface area is 145 Å². The maximum atomic E-state index is 11.6. The molecule has 0 unspecified atom stereocenters. The maximum absolute atomic E-state index is 11.6. The molecule has 2 rings (SSSR count). The Bertz CT molecular complexity index is 698. The summed E-state index contributed by atoms with van der Waals surface area (Å²) in [7, 11) is 0. The Balaban J connectivity index is 2.25. The Morgan fingerprint density at radius 1 is 1.17 bits per heavy atom. The fraction of sp³-hybridized carbons (Fsp3) is 0.278. The zero-order valence-corrected chi connectivity index (χ0v) is 14.4. The van der Waals surface area contributed by atoms with Crippen LogP contribution in [0.1, 0.15) is 30.9 Å². The highest BCUT2D eigenvalue weighted by molar-refractivity contribution is 6.35. The number of para-hydroxylation sites is 1. The molecule has 1 N–H and O–H groups in total. The number of hydrogen-bond donors (Lipinski definition) is 1. The van der Waals surface area contributed by atoms with Gasteiger partial charge < -0.3 is 9.84 Å². The SMILES string of the molecule is CC(C)c1ccccc1O[C@@H](Cc1ccc(Cl)cc1Cl)C(=O)O. The van der Waals surface area contributed by atoms with Gasteiger partial charge in [0.2, 0.25) is 0 Å². The molecule has 0 saturated heterocycles. The van der Waals surface area contributed by atoms with Crippen LogP contribution in [-0.4, -0.2) is 17.2 Å². The Hall–Kier alpha value is -1.71. The number of hydrogen-bond acceptors (Lipinski definition) is 2. The van der Waals surface area contributed by atoms with Crippen molar-refractivity contribution in [3.63, 3.8) is 0 Å². The summed E-state index contributed by atoms with van der Waals surface area (Å²) in [6.07, 6.45) is -0.855. The van der Waals surface area contributed by atoms with Crippen LogP contribution in [0.25, 0.3) is 0 Å². The molecule has 0 heterocycles. The van der Waals surface area contributed by atoms with E-state index in [1.807, 2.05) is 32.0 Å². The van der Waals surface area contributed by atoms with E-state index >= 15 is 0 Å². The third-order valence-electron chi connectivity index (χ3n) is 3.51. The zero-order chi connectivity index (χ0) is 17.0. The van der Waals surface area contributed by atoms with Crippen LogP contribution >= 0.6 is 23.2 Å². The summed E-state index contributed by atoms with van der Waals surface area (Å²) < 4.78 is 5.77. The van der Waals surface area contributed by atoms with Crippen molar-refractivity contribution in [1.82, 2.24) is 0 Å². The van der Waals surface area contributed by atoms with Crippen molar-refractivity contribution in [3.05, 3.63) is 63.6 Å². The lowest BCUT2D eigenvalue weighted by molar-refractivity contribution is -0.145. The third kappa shape index (κ3) is 4.63. The molecule has 0 spiro atoms. The normalized spacial score (nSPS) is 12.2. The van der Waals surface area contributed by atoms with Gasteiger partial charge in [0.25, 0.3) is 0 Å². The molecule has 5 heteroatoms. The Morgan fingerprint density at radius 3 is 2.48 bits per heavy atom. The van der Waals surface area contributed by atoms with Crippen molar-refractivity contribution >= 4 is 29.2 Å². The lowest BCUT2D eigenvalue weighted by Gasteiger charge is -2.19. The van der Waals surface area contributed by atoms with Gasteiger partial charge >= 0.3 is 5.97 Å². The van der Waals surface area contributed by atoms with Crippen molar-refractivity contribution in [2.45, 2.75) is 32.3 Å². The lowest BCUT2D eigenvalue weighted by atomic mass is 10.0. The third-order valence-corrected chi connectivity index (χ3v) is 4.09. The summed E-state index contributed by atoms with van der Waals surface area (Å²) in [5, 5.41) is 10.4. The van der Waals surface area contributed by atoms with Crippen LogP contribution in [0.2, 0.25) is 10.0 Å². The molecule has 122 valence electrons. The van der Waals surface area contributed by atoms with E-state index in [1.54, 1.807) is 24.3 Å². The van der Waals surface area contributed by atoms with Crippen molar-refractivity contribution < 1.29 is 14.6 Å². The lowest BCUT2D eigenvalue weighted by Crippen LogP contribution is -2.30. The van der Waals surface area contributed by atoms with Crippen LogP contribution in [0.3, 0.4) is 0 Å². The molecule has 0 aliphatic rings. The second-order valence-corrected chi connectivity index (χ2v) is 6.42. The van der Waals surface area contributed by atoms with Gasteiger partial charge in [-0.15, -0.1) is 0 Å². The number of carbonyl (C=O) groups is 1. The van der Waals surface area contributed by atoms with E-state index in [2.05, 4.69) is 0 Å². The van der Waals surface area contributed by atoms with E-state index in [0.717, 1.165) is 5.56 Å². The van der Waals surface area contributed by atoms with Crippen LogP contribution in [0.15, 0.2) is 42.5 Å². The van der Waals surface area contributed by atoms with Gasteiger partial charge in [0, 0.05) is 16.5 Å². The number of carboxylic acid groups (broad SMARTS) is 1. The van der Waals surface area contributed by atoms with Crippen molar-refractivity contribution in [2.24, 2.45) is 0 Å². The predicted molar refractivity (Wildman–Crippen MR) is 92.7 cm³/mol. The summed E-state index contributed by atoms with van der Waals surface area (Å²) >= 11 is 12.0. The maximum Gasteiger partial charge on any atom is 0.345 e. The van der Waals surface area contributed by atoms with Crippen LogP contribution in [0.5, 0.6) is 5.75 Å². The summed E-state index contributed by atoms with van der Waals surface area (Å²) in [5.41, 5.74) is 1.66. The van der Waals surface area contributed by atoms with E-state index in [0.29, 0.717) is 21.4 Å². The molecule has 0 aliphatic heterocycles. The standard InChI is InChI=1S/C18H18Cl2O3/c1-11(2)14-5-3-4-6-16(14)23-17(18(21)22)9-12-7-8-13(19)10-15(12)20/h3-8,10-11,17H,9H2,1-2H3,(H,21,22)/t17-/m0/s1. The van der Waals surface area contributed by atoms with Gasteiger partial charge in [-0.1, -0.05) is 61.3 Å². The van der Waals surface area contributed by atoms with Gasteiger partial charge in [-0.25, -0.2) is 4.79 Å². The molecule has 0 fully saturated rings. The fourth-order valence-electron chi connectivity index (χ4n) is 2.28. The van der Waals surface area contributed by atoms with Crippen LogP contribution in [0, 0.1) is 0 Å². The van der Waals surface area contributed by atoms with Crippen LogP contribution in [0.4, 0.5) is 0 Å². The number of carboxylic acids is 1. The molecular weight excluding hydrogens is 335 g/mol. The monoisotopic (exact) mass is 352 g/mol. The smallest absolute Gasteiger partial charge is 0.345 e. The van der Waals surface area contributed by atoms with Gasteiger partial charge in [0.15, 0.2) is 6.10 Å². The average molecular weight is 353 g/mol. The quantitative estimate of drug-likeness (QED) is 0.777. The Kier molecular flexibility index (Phi) is 5.91. The summed E-state index contributed by atoms with van der Waals surface area (Å²) in [5.74, 6) is -0.214. The highest BCUT2D eigenvalue weighted by Gasteiger charge is 2.23. The molecule has 3 nitrogen and oxygen atoms in total. The topological polar surface area (TPSA) is 46.5 Å². The van der Waals surface area contributed by atoms with E-state index < -0.39 is 12.1 Å². The number of rotatable bonds is 6. The predicted octanol–water partition coefficient (Wildman–Crippen LogP) is 5.19. The molecule has 2 aromatic carbocycles. The van der Waals surface area contributed by atoms with Gasteiger partial charge in [-0.2, -0.15) is 0 Å². The van der Waals surface area contributed by atoms with Crippen molar-refractivity contribution in [3.8, 4) is 5.75 Å². The molecule has 0 bridgehead atoms. The zero-order valence-electron chi connectivity index (χ0n) is 12.9. The van der Waals surface area contributed by atoms with E-state index in [9.17, 15) is 9.90 Å². The van der Waals surface area contributed by atoms with Crippen molar-refractivity contribution in [1.29, 1.82) is 0 Å². The number of ether oxygens (including phenoxy) is 1. The highest BCUT2D eigenvalue weighted by Crippen LogP contribution is 2.28. The number of halogens is 2. The molecule has 2 aromatic rings. The first kappa shape index (κ1) is 17.6. The highest BCUT2D eigenvalue weighted by atomic mass is 35.5. The van der Waals surface area contributed by atoms with E-state index in [-0.39, 0.29) is 12.3 Å². The number of aliphatic carboxylic acids is 1. The summed E-state index contributed by atoms with van der Waals surface area (Å²) in [4.78, 5) is 11.6. The average Bonchev–Trinajstić information content (AvgIpc) is 2.49. The summed E-state index contributed by atoms with van der Waals surface area (Å²) in [6.45, 7) is 4.07. The van der Waals surface area contributed by atoms with Gasteiger partial charge in [-0.3, -0.25) is 0 Å². The molecule has 23 heavy (non-hydrogen) atoms. The molecule has 0 saturated carbocycles. The molecular formula is C18H18Cl2O3. The fourth-order valence-corrected chi connectivity index (χ4v) is 2.77. The summed E-state index contributed by atoms with van der Waals surface area (Å²) in [6, 6.07) is 12.5. The van der Waals surface area contributed by atoms with Gasteiger partial charge in [0.1, 0.15) is 5.75 Å².